The highest BCUT2D eigenvalue weighted by molar-refractivity contribution is 5.86. The number of nitrogens with one attached hydrogen (secondary N) is 2. The molecule has 0 saturated carbocycles. The molecule has 2 aromatic carbocycles. The average Bonchev–Trinajstić information content (AvgIpc) is 2.98. The minimum absolute atomic E-state index is 0.0175. The van der Waals surface area contributed by atoms with Crippen molar-refractivity contribution >= 4 is 16.6 Å². The number of H-pyrrole nitrogens is 1. The lowest BCUT2D eigenvalue weighted by molar-refractivity contribution is 0.475. The molecule has 2 heterocycles. The minimum atomic E-state index is 0.0175. The van der Waals surface area contributed by atoms with Gasteiger partial charge in [0.25, 0.3) is 0 Å². The van der Waals surface area contributed by atoms with Gasteiger partial charge in [0.15, 0.2) is 0 Å². The van der Waals surface area contributed by atoms with Gasteiger partial charge in [-0.15, -0.1) is 0 Å². The zero-order valence-corrected chi connectivity index (χ0v) is 12.1. The quantitative estimate of drug-likeness (QED) is 0.621. The summed E-state index contributed by atoms with van der Waals surface area (Å²) in [7, 11) is 0. The van der Waals surface area contributed by atoms with Crippen LogP contribution >= 0.6 is 0 Å². The molecule has 1 atom stereocenters. The summed E-state index contributed by atoms with van der Waals surface area (Å²) in [4.78, 5) is 3.27. The van der Waals surface area contributed by atoms with Crippen LogP contribution in [0, 0.1) is 0 Å². The van der Waals surface area contributed by atoms with Crippen LogP contribution in [0.15, 0.2) is 48.7 Å². The molecule has 0 saturated heterocycles. The Balaban J connectivity index is 1.87. The second-order valence-corrected chi connectivity index (χ2v) is 6.32. The molecule has 0 bridgehead atoms. The Bertz CT molecular complexity index is 832. The lowest BCUT2D eigenvalue weighted by Crippen LogP contribution is -2.25. The Morgan fingerprint density at radius 3 is 2.71 bits per heavy atom. The van der Waals surface area contributed by atoms with Gasteiger partial charge in [-0.2, -0.15) is 0 Å². The molecule has 0 amide bonds. The van der Waals surface area contributed by atoms with Crippen molar-refractivity contribution in [3.8, 4) is 5.75 Å². The first kappa shape index (κ1) is 12.3. The SMILES string of the molecule is CC1(C)c2ccccc2NC1c1c[nH]c2cc(O)ccc12. The highest BCUT2D eigenvalue weighted by Gasteiger charge is 2.40. The minimum Gasteiger partial charge on any atom is -0.508 e. The van der Waals surface area contributed by atoms with Crippen molar-refractivity contribution in [2.45, 2.75) is 25.3 Å². The van der Waals surface area contributed by atoms with Crippen molar-refractivity contribution in [1.29, 1.82) is 0 Å². The summed E-state index contributed by atoms with van der Waals surface area (Å²) in [6, 6.07) is 14.2. The first-order chi connectivity index (χ1) is 10.1. The van der Waals surface area contributed by atoms with Crippen molar-refractivity contribution in [3.05, 3.63) is 59.8 Å². The van der Waals surface area contributed by atoms with E-state index in [0.29, 0.717) is 0 Å². The summed E-state index contributed by atoms with van der Waals surface area (Å²) in [5.41, 5.74) is 4.79. The van der Waals surface area contributed by atoms with Crippen LogP contribution in [0.5, 0.6) is 5.75 Å². The van der Waals surface area contributed by atoms with Crippen LogP contribution in [-0.2, 0) is 5.41 Å². The van der Waals surface area contributed by atoms with E-state index < -0.39 is 0 Å². The largest absolute Gasteiger partial charge is 0.508 e. The van der Waals surface area contributed by atoms with E-state index in [2.05, 4.69) is 54.6 Å². The highest BCUT2D eigenvalue weighted by atomic mass is 16.3. The molecule has 21 heavy (non-hydrogen) atoms. The smallest absolute Gasteiger partial charge is 0.117 e. The number of hydrogen-bond acceptors (Lipinski definition) is 2. The number of hydrogen-bond donors (Lipinski definition) is 3. The van der Waals surface area contributed by atoms with Crippen LogP contribution in [0.1, 0.15) is 31.0 Å². The third-order valence-corrected chi connectivity index (χ3v) is 4.65. The molecule has 0 spiro atoms. The van der Waals surface area contributed by atoms with E-state index in [-0.39, 0.29) is 17.2 Å². The predicted octanol–water partition coefficient (Wildman–Crippen LogP) is 4.32. The van der Waals surface area contributed by atoms with Crippen molar-refractivity contribution in [1.82, 2.24) is 4.98 Å². The second kappa shape index (κ2) is 4.04. The molecule has 3 heteroatoms. The van der Waals surface area contributed by atoms with E-state index in [1.54, 1.807) is 12.1 Å². The van der Waals surface area contributed by atoms with Crippen LogP contribution < -0.4 is 5.32 Å². The zero-order valence-electron chi connectivity index (χ0n) is 12.1. The van der Waals surface area contributed by atoms with Crippen molar-refractivity contribution < 1.29 is 5.11 Å². The molecule has 1 unspecified atom stereocenters. The van der Waals surface area contributed by atoms with Gasteiger partial charge in [0.05, 0.1) is 6.04 Å². The van der Waals surface area contributed by atoms with E-state index in [0.717, 1.165) is 10.9 Å². The van der Waals surface area contributed by atoms with Gasteiger partial charge in [-0.1, -0.05) is 32.0 Å². The Kier molecular flexibility index (Phi) is 2.37. The fraction of sp³-hybridized carbons (Fsp3) is 0.222. The number of fused-ring (bicyclic) bond motifs is 2. The molecule has 1 aliphatic heterocycles. The molecule has 3 aromatic rings. The summed E-state index contributed by atoms with van der Waals surface area (Å²) in [6.07, 6.45) is 2.05. The van der Waals surface area contributed by atoms with Crippen LogP contribution in [0.2, 0.25) is 0 Å². The summed E-state index contributed by atoms with van der Waals surface area (Å²) in [5, 5.41) is 14.4. The fourth-order valence-corrected chi connectivity index (χ4v) is 3.50. The van der Waals surface area contributed by atoms with Gasteiger partial charge >= 0.3 is 0 Å². The summed E-state index contributed by atoms with van der Waals surface area (Å²) in [6.45, 7) is 4.55. The van der Waals surface area contributed by atoms with Crippen LogP contribution in [0.4, 0.5) is 5.69 Å². The number of phenols is 1. The Morgan fingerprint density at radius 1 is 1.10 bits per heavy atom. The van der Waals surface area contributed by atoms with E-state index in [1.807, 2.05) is 6.07 Å². The number of aromatic amines is 1. The van der Waals surface area contributed by atoms with Crippen molar-refractivity contribution in [2.75, 3.05) is 5.32 Å². The molecular formula is C18H18N2O. The first-order valence-electron chi connectivity index (χ1n) is 7.23. The maximum atomic E-state index is 9.61. The first-order valence-corrected chi connectivity index (χ1v) is 7.23. The summed E-state index contributed by atoms with van der Waals surface area (Å²) in [5.74, 6) is 0.290. The lowest BCUT2D eigenvalue weighted by atomic mass is 9.78. The fourth-order valence-electron chi connectivity index (χ4n) is 3.50. The molecule has 4 rings (SSSR count). The summed E-state index contributed by atoms with van der Waals surface area (Å²) >= 11 is 0. The third-order valence-electron chi connectivity index (χ3n) is 4.65. The van der Waals surface area contributed by atoms with Crippen molar-refractivity contribution in [2.24, 2.45) is 0 Å². The topological polar surface area (TPSA) is 48.0 Å². The van der Waals surface area contributed by atoms with Gasteiger partial charge < -0.3 is 15.4 Å². The molecule has 3 N–H and O–H groups in total. The molecule has 1 aliphatic rings. The van der Waals surface area contributed by atoms with E-state index >= 15 is 0 Å². The maximum absolute atomic E-state index is 9.61. The van der Waals surface area contributed by atoms with Gasteiger partial charge in [-0.25, -0.2) is 0 Å². The third kappa shape index (κ3) is 1.67. The molecular weight excluding hydrogens is 260 g/mol. The highest BCUT2D eigenvalue weighted by Crippen LogP contribution is 2.49. The van der Waals surface area contributed by atoms with Crippen LogP contribution in [0.25, 0.3) is 10.9 Å². The number of anilines is 1. The Hall–Kier alpha value is -2.42. The second-order valence-electron chi connectivity index (χ2n) is 6.32. The standard InChI is InChI=1S/C18H18N2O/c1-18(2)14-5-3-4-6-15(14)20-17(18)13-10-19-16-9-11(21)7-8-12(13)16/h3-10,17,19-21H,1-2H3. The Morgan fingerprint density at radius 2 is 1.90 bits per heavy atom. The van der Waals surface area contributed by atoms with Gasteiger partial charge in [0.1, 0.15) is 5.75 Å². The number of para-hydroxylation sites is 1. The molecule has 1 aromatic heterocycles. The van der Waals surface area contributed by atoms with Crippen molar-refractivity contribution in [3.63, 3.8) is 0 Å². The predicted molar refractivity (Wildman–Crippen MR) is 85.8 cm³/mol. The average molecular weight is 278 g/mol. The number of aromatic hydroxyl groups is 1. The molecule has 0 fully saturated rings. The van der Waals surface area contributed by atoms with E-state index in [4.69, 9.17) is 0 Å². The number of phenolic OH excluding ortho intramolecular Hbond substituents is 1. The molecule has 3 nitrogen and oxygen atoms in total. The molecule has 0 aliphatic carbocycles. The van der Waals surface area contributed by atoms with Crippen LogP contribution in [0.3, 0.4) is 0 Å². The van der Waals surface area contributed by atoms with Gasteiger partial charge in [-0.3, -0.25) is 0 Å². The van der Waals surface area contributed by atoms with Gasteiger partial charge in [-0.05, 0) is 23.8 Å². The lowest BCUT2D eigenvalue weighted by Gasteiger charge is -2.27. The maximum Gasteiger partial charge on any atom is 0.117 e. The normalized spacial score (nSPS) is 19.4. The van der Waals surface area contributed by atoms with E-state index in [1.165, 1.54) is 16.8 Å². The monoisotopic (exact) mass is 278 g/mol. The molecule has 0 radical (unpaired) electrons. The number of benzene rings is 2. The van der Waals surface area contributed by atoms with E-state index in [9.17, 15) is 5.11 Å². The molecule has 106 valence electrons. The number of rotatable bonds is 1. The summed E-state index contributed by atoms with van der Waals surface area (Å²) < 4.78 is 0. The van der Waals surface area contributed by atoms with Gasteiger partial charge in [0, 0.05) is 39.8 Å². The number of aromatic nitrogens is 1. The van der Waals surface area contributed by atoms with Gasteiger partial charge in [0.2, 0.25) is 0 Å². The zero-order chi connectivity index (χ0) is 14.6. The Labute approximate surface area is 123 Å². The van der Waals surface area contributed by atoms with Crippen LogP contribution in [-0.4, -0.2) is 10.1 Å².